The molecular weight excluding hydrogens is 234 g/mol. The van der Waals surface area contributed by atoms with Gasteiger partial charge in [0.25, 0.3) is 0 Å². The number of anilines is 1. The third-order valence-electron chi connectivity index (χ3n) is 3.82. The number of benzene rings is 1. The molecule has 0 radical (unpaired) electrons. The van der Waals surface area contributed by atoms with Crippen molar-refractivity contribution in [2.24, 2.45) is 0 Å². The monoisotopic (exact) mass is 261 g/mol. The molecule has 2 rings (SSSR count). The van der Waals surface area contributed by atoms with Crippen LogP contribution < -0.4 is 10.2 Å². The number of nitrogens with one attached hydrogen (secondary N) is 1. The number of hydrogen-bond donors (Lipinski definition) is 1. The normalized spacial score (nSPS) is 17.2. The lowest BCUT2D eigenvalue weighted by atomic mass is 10.1. The highest BCUT2D eigenvalue weighted by molar-refractivity contribution is 5.54. The Bertz CT molecular complexity index is 406. The summed E-state index contributed by atoms with van der Waals surface area (Å²) in [4.78, 5) is 4.90. The summed E-state index contributed by atoms with van der Waals surface area (Å²) in [6, 6.07) is 7.41. The van der Waals surface area contributed by atoms with Crippen molar-refractivity contribution >= 4 is 5.69 Å². The number of nitrogens with zero attached hydrogens (tertiary/aromatic N) is 2. The molecule has 0 aliphatic carbocycles. The summed E-state index contributed by atoms with van der Waals surface area (Å²) >= 11 is 0. The van der Waals surface area contributed by atoms with Crippen LogP contribution in [0, 0.1) is 6.92 Å². The average molecular weight is 261 g/mol. The zero-order valence-electron chi connectivity index (χ0n) is 12.7. The second kappa shape index (κ2) is 6.40. The van der Waals surface area contributed by atoms with E-state index in [9.17, 15) is 0 Å². The van der Waals surface area contributed by atoms with Gasteiger partial charge >= 0.3 is 0 Å². The molecular formula is C16H27N3. The molecule has 3 nitrogen and oxygen atoms in total. The van der Waals surface area contributed by atoms with Gasteiger partial charge in [-0.25, -0.2) is 0 Å². The topological polar surface area (TPSA) is 18.5 Å². The van der Waals surface area contributed by atoms with Gasteiger partial charge in [0.05, 0.1) is 0 Å². The number of hydrogen-bond acceptors (Lipinski definition) is 3. The van der Waals surface area contributed by atoms with Crippen LogP contribution in [0.25, 0.3) is 0 Å². The Balaban J connectivity index is 2.02. The molecule has 0 saturated carbocycles. The number of likely N-dealkylation sites (N-methyl/N-ethyl adjacent to an activating group) is 1. The van der Waals surface area contributed by atoms with E-state index in [2.05, 4.69) is 61.1 Å². The van der Waals surface area contributed by atoms with E-state index >= 15 is 0 Å². The fourth-order valence-electron chi connectivity index (χ4n) is 2.55. The van der Waals surface area contributed by atoms with Crippen LogP contribution in [0.3, 0.4) is 0 Å². The van der Waals surface area contributed by atoms with Crippen LogP contribution in [-0.2, 0) is 6.54 Å². The molecule has 0 spiro atoms. The van der Waals surface area contributed by atoms with Gasteiger partial charge in [-0.05, 0) is 31.2 Å². The third-order valence-corrected chi connectivity index (χ3v) is 3.82. The van der Waals surface area contributed by atoms with E-state index in [1.165, 1.54) is 16.8 Å². The van der Waals surface area contributed by atoms with Crippen molar-refractivity contribution in [1.82, 2.24) is 10.2 Å². The Kier molecular flexibility index (Phi) is 4.83. The summed E-state index contributed by atoms with van der Waals surface area (Å²) in [5, 5.41) is 3.47. The molecule has 0 atom stereocenters. The smallest absolute Gasteiger partial charge is 0.0397 e. The molecule has 106 valence electrons. The first kappa shape index (κ1) is 14.4. The van der Waals surface area contributed by atoms with Crippen molar-refractivity contribution in [3.63, 3.8) is 0 Å². The molecule has 1 fully saturated rings. The van der Waals surface area contributed by atoms with Crippen molar-refractivity contribution < 1.29 is 0 Å². The van der Waals surface area contributed by atoms with Gasteiger partial charge < -0.3 is 15.1 Å². The highest BCUT2D eigenvalue weighted by atomic mass is 15.2. The highest BCUT2D eigenvalue weighted by Gasteiger charge is 2.15. The van der Waals surface area contributed by atoms with Gasteiger partial charge in [0.1, 0.15) is 0 Å². The Hall–Kier alpha value is -1.06. The van der Waals surface area contributed by atoms with Gasteiger partial charge in [0, 0.05) is 44.5 Å². The molecule has 0 bridgehead atoms. The van der Waals surface area contributed by atoms with E-state index in [4.69, 9.17) is 0 Å². The van der Waals surface area contributed by atoms with Crippen molar-refractivity contribution in [1.29, 1.82) is 0 Å². The fourth-order valence-corrected chi connectivity index (χ4v) is 2.55. The maximum absolute atomic E-state index is 3.47. The molecule has 0 amide bonds. The van der Waals surface area contributed by atoms with Crippen molar-refractivity contribution in [2.45, 2.75) is 33.4 Å². The molecule has 3 heteroatoms. The molecule has 1 heterocycles. The van der Waals surface area contributed by atoms with Crippen LogP contribution >= 0.6 is 0 Å². The molecule has 1 aliphatic rings. The van der Waals surface area contributed by atoms with E-state index in [1.807, 2.05) is 0 Å². The van der Waals surface area contributed by atoms with Crippen LogP contribution in [-0.4, -0.2) is 44.2 Å². The van der Waals surface area contributed by atoms with Crippen molar-refractivity contribution in [3.8, 4) is 0 Å². The standard InChI is InChI=1S/C16H27N3/c1-13(2)17-12-15-5-6-16(14(3)11-15)19-9-7-18(4)8-10-19/h5-6,11,13,17H,7-10,12H2,1-4H3. The molecule has 1 aromatic carbocycles. The van der Waals surface area contributed by atoms with Gasteiger partial charge in [-0.1, -0.05) is 26.0 Å². The summed E-state index contributed by atoms with van der Waals surface area (Å²) < 4.78 is 0. The number of rotatable bonds is 4. The Morgan fingerprint density at radius 3 is 2.42 bits per heavy atom. The fraction of sp³-hybridized carbons (Fsp3) is 0.625. The lowest BCUT2D eigenvalue weighted by molar-refractivity contribution is 0.312. The minimum absolute atomic E-state index is 0.539. The quantitative estimate of drug-likeness (QED) is 0.897. The summed E-state index contributed by atoms with van der Waals surface area (Å²) in [5.74, 6) is 0. The molecule has 1 saturated heterocycles. The first-order valence-corrected chi connectivity index (χ1v) is 7.32. The summed E-state index contributed by atoms with van der Waals surface area (Å²) in [5.41, 5.74) is 4.18. The van der Waals surface area contributed by atoms with E-state index < -0.39 is 0 Å². The van der Waals surface area contributed by atoms with Crippen LogP contribution in [0.1, 0.15) is 25.0 Å². The summed E-state index contributed by atoms with van der Waals surface area (Å²) in [7, 11) is 2.20. The Morgan fingerprint density at radius 1 is 1.16 bits per heavy atom. The Morgan fingerprint density at radius 2 is 1.84 bits per heavy atom. The summed E-state index contributed by atoms with van der Waals surface area (Å²) in [6.45, 7) is 12.2. The van der Waals surface area contributed by atoms with Crippen molar-refractivity contribution in [2.75, 3.05) is 38.1 Å². The Labute approximate surface area is 117 Å². The molecule has 1 aromatic rings. The minimum Gasteiger partial charge on any atom is -0.369 e. The lowest BCUT2D eigenvalue weighted by Gasteiger charge is -2.35. The highest BCUT2D eigenvalue weighted by Crippen LogP contribution is 2.22. The molecule has 0 aromatic heterocycles. The SMILES string of the molecule is Cc1cc(CNC(C)C)ccc1N1CCN(C)CC1. The second-order valence-electron chi connectivity index (χ2n) is 5.95. The minimum atomic E-state index is 0.539. The van der Waals surface area contributed by atoms with Gasteiger partial charge in [-0.3, -0.25) is 0 Å². The van der Waals surface area contributed by atoms with E-state index in [1.54, 1.807) is 0 Å². The second-order valence-corrected chi connectivity index (χ2v) is 5.95. The lowest BCUT2D eigenvalue weighted by Crippen LogP contribution is -2.44. The van der Waals surface area contributed by atoms with E-state index in [-0.39, 0.29) is 0 Å². The van der Waals surface area contributed by atoms with Gasteiger partial charge in [0.15, 0.2) is 0 Å². The first-order valence-electron chi connectivity index (χ1n) is 7.32. The largest absolute Gasteiger partial charge is 0.369 e. The molecule has 19 heavy (non-hydrogen) atoms. The average Bonchev–Trinajstić information content (AvgIpc) is 2.38. The number of aryl methyl sites for hydroxylation is 1. The van der Waals surface area contributed by atoms with Crippen molar-refractivity contribution in [3.05, 3.63) is 29.3 Å². The molecule has 0 unspecified atom stereocenters. The first-order chi connectivity index (χ1) is 9.06. The maximum atomic E-state index is 3.47. The van der Waals surface area contributed by atoms with Gasteiger partial charge in [-0.2, -0.15) is 0 Å². The van der Waals surface area contributed by atoms with E-state index in [0.717, 1.165) is 32.7 Å². The van der Waals surface area contributed by atoms with Crippen LogP contribution in [0.15, 0.2) is 18.2 Å². The van der Waals surface area contributed by atoms with E-state index in [0.29, 0.717) is 6.04 Å². The predicted molar refractivity (Wildman–Crippen MR) is 82.9 cm³/mol. The number of piperazine rings is 1. The van der Waals surface area contributed by atoms with Crippen LogP contribution in [0.2, 0.25) is 0 Å². The van der Waals surface area contributed by atoms with Gasteiger partial charge in [-0.15, -0.1) is 0 Å². The van der Waals surface area contributed by atoms with Gasteiger partial charge in [0.2, 0.25) is 0 Å². The summed E-state index contributed by atoms with van der Waals surface area (Å²) in [6.07, 6.45) is 0. The maximum Gasteiger partial charge on any atom is 0.0397 e. The zero-order valence-corrected chi connectivity index (χ0v) is 12.7. The molecule has 1 aliphatic heterocycles. The third kappa shape index (κ3) is 3.95. The molecule has 1 N–H and O–H groups in total. The predicted octanol–water partition coefficient (Wildman–Crippen LogP) is 2.24. The van der Waals surface area contributed by atoms with Crippen LogP contribution in [0.4, 0.5) is 5.69 Å². The zero-order chi connectivity index (χ0) is 13.8. The van der Waals surface area contributed by atoms with Crippen LogP contribution in [0.5, 0.6) is 0 Å².